The number of para-hydroxylation sites is 2. The molecule has 1 aliphatic heterocycles. The van der Waals surface area contributed by atoms with Gasteiger partial charge in [-0.05, 0) is 37.1 Å². The lowest BCUT2D eigenvalue weighted by Gasteiger charge is -2.32. The monoisotopic (exact) mass is 374 g/mol. The molecule has 1 unspecified atom stereocenters. The molecule has 1 saturated heterocycles. The van der Waals surface area contributed by atoms with Crippen molar-refractivity contribution >= 4 is 17.5 Å². The van der Waals surface area contributed by atoms with Crippen LogP contribution in [0.3, 0.4) is 0 Å². The summed E-state index contributed by atoms with van der Waals surface area (Å²) in [5.74, 6) is -1.08. The highest BCUT2D eigenvalue weighted by Gasteiger charge is 2.30. The molecule has 0 bridgehead atoms. The highest BCUT2D eigenvalue weighted by Crippen LogP contribution is 2.25. The molecule has 1 N–H and O–H groups in total. The molecule has 1 heterocycles. The van der Waals surface area contributed by atoms with Crippen molar-refractivity contribution in [2.24, 2.45) is 5.92 Å². The number of nitrogens with zero attached hydrogens (tertiary/aromatic N) is 1. The molecule has 5 nitrogen and oxygen atoms in total. The first kappa shape index (κ1) is 18.8. The molecule has 1 aliphatic rings. The Kier molecular flexibility index (Phi) is 6.01. The molecule has 1 atom stereocenters. The summed E-state index contributed by atoms with van der Waals surface area (Å²) >= 11 is 0. The normalized spacial score (nSPS) is 16.9. The fraction of sp³-hybridized carbons (Fsp3) is 0.300. The summed E-state index contributed by atoms with van der Waals surface area (Å²) < 4.78 is 29.6. The average molecular weight is 374 g/mol. The number of nitrogens with one attached hydrogen (secondary N) is 1. The van der Waals surface area contributed by atoms with Gasteiger partial charge in [0.2, 0.25) is 5.91 Å². The van der Waals surface area contributed by atoms with E-state index in [1.807, 2.05) is 18.2 Å². The van der Waals surface area contributed by atoms with Gasteiger partial charge >= 0.3 is 6.61 Å². The zero-order chi connectivity index (χ0) is 19.2. The van der Waals surface area contributed by atoms with Crippen molar-refractivity contribution in [3.63, 3.8) is 0 Å². The van der Waals surface area contributed by atoms with Gasteiger partial charge in [0.1, 0.15) is 5.75 Å². The molecule has 0 aliphatic carbocycles. The van der Waals surface area contributed by atoms with E-state index in [0.717, 1.165) is 0 Å². The number of hydrogen-bond acceptors (Lipinski definition) is 3. The zero-order valence-corrected chi connectivity index (χ0v) is 14.6. The summed E-state index contributed by atoms with van der Waals surface area (Å²) in [7, 11) is 0. The Morgan fingerprint density at radius 2 is 1.78 bits per heavy atom. The van der Waals surface area contributed by atoms with Gasteiger partial charge in [0.25, 0.3) is 5.91 Å². The van der Waals surface area contributed by atoms with E-state index in [1.54, 1.807) is 18.2 Å². The number of anilines is 1. The Bertz CT molecular complexity index is 799. The van der Waals surface area contributed by atoms with Crippen molar-refractivity contribution < 1.29 is 23.1 Å². The van der Waals surface area contributed by atoms with Crippen LogP contribution in [-0.2, 0) is 4.79 Å². The van der Waals surface area contributed by atoms with E-state index < -0.39 is 12.5 Å². The summed E-state index contributed by atoms with van der Waals surface area (Å²) in [6.07, 6.45) is 1.33. The van der Waals surface area contributed by atoms with E-state index in [4.69, 9.17) is 0 Å². The zero-order valence-electron chi connectivity index (χ0n) is 14.6. The third kappa shape index (κ3) is 4.81. The molecule has 0 radical (unpaired) electrons. The number of rotatable bonds is 5. The molecule has 2 aromatic rings. The fourth-order valence-electron chi connectivity index (χ4n) is 3.15. The quantitative estimate of drug-likeness (QED) is 0.867. The van der Waals surface area contributed by atoms with Gasteiger partial charge in [0.15, 0.2) is 0 Å². The minimum absolute atomic E-state index is 0.0712. The first-order valence-electron chi connectivity index (χ1n) is 8.73. The van der Waals surface area contributed by atoms with Crippen LogP contribution >= 0.6 is 0 Å². The van der Waals surface area contributed by atoms with Gasteiger partial charge in [-0.1, -0.05) is 30.3 Å². The SMILES string of the molecule is O=C(Nc1ccccc1)C1CCCN(C(=O)c2ccccc2OC(F)F)C1. The van der Waals surface area contributed by atoms with Crippen LogP contribution in [0.5, 0.6) is 5.75 Å². The number of benzene rings is 2. The van der Waals surface area contributed by atoms with Gasteiger partial charge < -0.3 is 15.0 Å². The molecule has 2 aromatic carbocycles. The Morgan fingerprint density at radius 1 is 1.07 bits per heavy atom. The maximum Gasteiger partial charge on any atom is 0.387 e. The van der Waals surface area contributed by atoms with Crippen molar-refractivity contribution in [2.75, 3.05) is 18.4 Å². The van der Waals surface area contributed by atoms with E-state index in [9.17, 15) is 18.4 Å². The highest BCUT2D eigenvalue weighted by molar-refractivity contribution is 5.98. The smallest absolute Gasteiger partial charge is 0.387 e. The van der Waals surface area contributed by atoms with E-state index >= 15 is 0 Å². The Morgan fingerprint density at radius 3 is 2.52 bits per heavy atom. The lowest BCUT2D eigenvalue weighted by atomic mass is 9.96. The maximum atomic E-state index is 12.8. The maximum absolute atomic E-state index is 12.8. The van der Waals surface area contributed by atoms with Crippen LogP contribution in [0.25, 0.3) is 0 Å². The van der Waals surface area contributed by atoms with Gasteiger partial charge in [0, 0.05) is 18.8 Å². The first-order valence-corrected chi connectivity index (χ1v) is 8.73. The molecule has 1 fully saturated rings. The number of likely N-dealkylation sites (tertiary alicyclic amines) is 1. The Balaban J connectivity index is 1.69. The van der Waals surface area contributed by atoms with Crippen LogP contribution in [0, 0.1) is 5.92 Å². The van der Waals surface area contributed by atoms with Crippen LogP contribution in [0.1, 0.15) is 23.2 Å². The summed E-state index contributed by atoms with van der Waals surface area (Å²) in [6, 6.07) is 15.0. The molecular formula is C20H20F2N2O3. The molecule has 0 aromatic heterocycles. The second kappa shape index (κ2) is 8.62. The van der Waals surface area contributed by atoms with Crippen molar-refractivity contribution in [1.82, 2.24) is 4.90 Å². The van der Waals surface area contributed by atoms with Crippen molar-refractivity contribution in [1.29, 1.82) is 0 Å². The highest BCUT2D eigenvalue weighted by atomic mass is 19.3. The van der Waals surface area contributed by atoms with Crippen molar-refractivity contribution in [3.05, 3.63) is 60.2 Å². The summed E-state index contributed by atoms with van der Waals surface area (Å²) in [4.78, 5) is 26.8. The standard InChI is InChI=1S/C20H20F2N2O3/c21-20(22)27-17-11-5-4-10-16(17)19(26)24-12-6-7-14(13-24)18(25)23-15-8-2-1-3-9-15/h1-5,8-11,14,20H,6-7,12-13H2,(H,23,25). The predicted molar refractivity (Wildman–Crippen MR) is 96.8 cm³/mol. The average Bonchev–Trinajstić information content (AvgIpc) is 2.68. The van der Waals surface area contributed by atoms with Crippen molar-refractivity contribution in [3.8, 4) is 5.75 Å². The molecule has 142 valence electrons. The number of carbonyl (C=O) groups excluding carboxylic acids is 2. The summed E-state index contributed by atoms with van der Waals surface area (Å²) in [6.45, 7) is -2.30. The minimum atomic E-state index is -3.01. The van der Waals surface area contributed by atoms with Crippen LogP contribution in [0.4, 0.5) is 14.5 Å². The summed E-state index contributed by atoms with van der Waals surface area (Å²) in [5.41, 5.74) is 0.767. The van der Waals surface area contributed by atoms with E-state index in [1.165, 1.54) is 23.1 Å². The predicted octanol–water partition coefficient (Wildman–Crippen LogP) is 3.78. The topological polar surface area (TPSA) is 58.6 Å². The largest absolute Gasteiger partial charge is 0.434 e. The lowest BCUT2D eigenvalue weighted by Crippen LogP contribution is -2.43. The number of alkyl halides is 2. The Labute approximate surface area is 155 Å². The van der Waals surface area contributed by atoms with Crippen LogP contribution < -0.4 is 10.1 Å². The molecule has 27 heavy (non-hydrogen) atoms. The van der Waals surface area contributed by atoms with Crippen molar-refractivity contribution in [2.45, 2.75) is 19.5 Å². The molecular weight excluding hydrogens is 354 g/mol. The third-order valence-corrected chi connectivity index (χ3v) is 4.45. The number of halogens is 2. The molecule has 0 spiro atoms. The van der Waals surface area contributed by atoms with E-state index in [2.05, 4.69) is 10.1 Å². The number of amides is 2. The fourth-order valence-corrected chi connectivity index (χ4v) is 3.15. The molecule has 3 rings (SSSR count). The summed E-state index contributed by atoms with van der Waals surface area (Å²) in [5, 5.41) is 2.85. The van der Waals surface area contributed by atoms with Crippen LogP contribution in [0.2, 0.25) is 0 Å². The van der Waals surface area contributed by atoms with Crippen LogP contribution in [0.15, 0.2) is 54.6 Å². The Hall–Kier alpha value is -2.96. The van der Waals surface area contributed by atoms with E-state index in [-0.39, 0.29) is 29.7 Å². The van der Waals surface area contributed by atoms with Gasteiger partial charge in [0.05, 0.1) is 11.5 Å². The second-order valence-electron chi connectivity index (χ2n) is 6.32. The van der Waals surface area contributed by atoms with Gasteiger partial charge in [-0.3, -0.25) is 9.59 Å². The third-order valence-electron chi connectivity index (χ3n) is 4.45. The molecule has 0 saturated carbocycles. The number of ether oxygens (including phenoxy) is 1. The van der Waals surface area contributed by atoms with Gasteiger partial charge in [-0.25, -0.2) is 0 Å². The first-order chi connectivity index (χ1) is 13.0. The number of piperidine rings is 1. The van der Waals surface area contributed by atoms with Crippen LogP contribution in [-0.4, -0.2) is 36.4 Å². The minimum Gasteiger partial charge on any atom is -0.434 e. The number of carbonyl (C=O) groups is 2. The molecule has 7 heteroatoms. The second-order valence-corrected chi connectivity index (χ2v) is 6.32. The lowest BCUT2D eigenvalue weighted by molar-refractivity contribution is -0.121. The van der Waals surface area contributed by atoms with Gasteiger partial charge in [-0.15, -0.1) is 0 Å². The van der Waals surface area contributed by atoms with E-state index in [0.29, 0.717) is 25.1 Å². The van der Waals surface area contributed by atoms with Gasteiger partial charge in [-0.2, -0.15) is 8.78 Å². The molecule has 2 amide bonds. The number of hydrogen-bond donors (Lipinski definition) is 1.